The van der Waals surface area contributed by atoms with Crippen molar-refractivity contribution in [2.45, 2.75) is 13.5 Å². The third kappa shape index (κ3) is 3.28. The molecule has 5 heteroatoms. The number of hydrogen-bond acceptors (Lipinski definition) is 2. The number of H-pyrrole nitrogens is 1. The van der Waals surface area contributed by atoms with Crippen LogP contribution in [0.3, 0.4) is 0 Å². The van der Waals surface area contributed by atoms with Gasteiger partial charge in [-0.3, -0.25) is 9.59 Å². The van der Waals surface area contributed by atoms with E-state index in [0.717, 1.165) is 5.56 Å². The zero-order chi connectivity index (χ0) is 13.8. The molecule has 0 fully saturated rings. The van der Waals surface area contributed by atoms with E-state index in [1.54, 1.807) is 19.1 Å². The van der Waals surface area contributed by atoms with Crippen LogP contribution in [0.4, 0.5) is 4.39 Å². The Morgan fingerprint density at radius 2 is 2.00 bits per heavy atom. The third-order valence-electron chi connectivity index (χ3n) is 2.67. The smallest absolute Gasteiger partial charge is 0.257 e. The van der Waals surface area contributed by atoms with Gasteiger partial charge in [-0.2, -0.15) is 0 Å². The van der Waals surface area contributed by atoms with Crippen LogP contribution in [-0.2, 0) is 6.54 Å². The van der Waals surface area contributed by atoms with Gasteiger partial charge in [0.25, 0.3) is 5.91 Å². The Balaban J connectivity index is 2.05. The molecule has 1 amide bonds. The topological polar surface area (TPSA) is 62.0 Å². The molecule has 0 aliphatic rings. The molecule has 1 aromatic carbocycles. The molecule has 0 aliphatic heterocycles. The molecule has 0 atom stereocenters. The van der Waals surface area contributed by atoms with Crippen molar-refractivity contribution in [3.8, 4) is 0 Å². The minimum Gasteiger partial charge on any atom is -0.364 e. The van der Waals surface area contributed by atoms with E-state index < -0.39 is 5.91 Å². The second-order valence-electron chi connectivity index (χ2n) is 4.20. The first-order valence-electron chi connectivity index (χ1n) is 5.78. The highest BCUT2D eigenvalue weighted by Gasteiger charge is 2.09. The fourth-order valence-corrected chi connectivity index (χ4v) is 1.63. The van der Waals surface area contributed by atoms with Crippen molar-refractivity contribution in [3.05, 3.63) is 69.4 Å². The highest BCUT2D eigenvalue weighted by molar-refractivity contribution is 5.93. The Hall–Kier alpha value is -2.43. The van der Waals surface area contributed by atoms with Crippen molar-refractivity contribution in [2.75, 3.05) is 0 Å². The van der Waals surface area contributed by atoms with Gasteiger partial charge in [-0.1, -0.05) is 12.1 Å². The molecule has 1 heterocycles. The molecular formula is C14H13FN2O2. The first-order chi connectivity index (χ1) is 9.06. The molecular weight excluding hydrogens is 247 g/mol. The lowest BCUT2D eigenvalue weighted by Gasteiger charge is -2.05. The molecule has 98 valence electrons. The number of pyridine rings is 1. The fourth-order valence-electron chi connectivity index (χ4n) is 1.63. The van der Waals surface area contributed by atoms with Crippen molar-refractivity contribution < 1.29 is 9.18 Å². The van der Waals surface area contributed by atoms with E-state index in [0.29, 0.717) is 5.69 Å². The van der Waals surface area contributed by atoms with Crippen LogP contribution >= 0.6 is 0 Å². The maximum absolute atomic E-state index is 12.7. The first kappa shape index (κ1) is 13.0. The van der Waals surface area contributed by atoms with Crippen LogP contribution in [0.25, 0.3) is 0 Å². The molecule has 1 aromatic heterocycles. The molecule has 0 aliphatic carbocycles. The van der Waals surface area contributed by atoms with Crippen LogP contribution in [0, 0.1) is 12.7 Å². The largest absolute Gasteiger partial charge is 0.364 e. The van der Waals surface area contributed by atoms with Gasteiger partial charge in [-0.05, 0) is 24.6 Å². The summed E-state index contributed by atoms with van der Waals surface area (Å²) in [6.07, 6.45) is 1.39. The lowest BCUT2D eigenvalue weighted by Crippen LogP contribution is -2.28. The van der Waals surface area contributed by atoms with E-state index in [2.05, 4.69) is 10.3 Å². The molecule has 2 N–H and O–H groups in total. The van der Waals surface area contributed by atoms with Crippen LogP contribution in [0.15, 0.2) is 41.3 Å². The standard InChI is InChI=1S/C14H13FN2O2/c1-9-6-13(18)12(8-16-9)14(19)17-7-10-2-4-11(15)5-3-10/h2-6,8H,7H2,1H3,(H,16,18)(H,17,19). The molecule has 0 saturated carbocycles. The Morgan fingerprint density at radius 1 is 1.32 bits per heavy atom. The third-order valence-corrected chi connectivity index (χ3v) is 2.67. The number of aromatic amines is 1. The van der Waals surface area contributed by atoms with Crippen molar-refractivity contribution in [2.24, 2.45) is 0 Å². The summed E-state index contributed by atoms with van der Waals surface area (Å²) in [7, 11) is 0. The van der Waals surface area contributed by atoms with E-state index in [1.165, 1.54) is 24.4 Å². The number of amides is 1. The minimum absolute atomic E-state index is 0.0627. The minimum atomic E-state index is -0.453. The molecule has 4 nitrogen and oxygen atoms in total. The maximum atomic E-state index is 12.7. The summed E-state index contributed by atoms with van der Waals surface area (Å²) >= 11 is 0. The van der Waals surface area contributed by atoms with Crippen molar-refractivity contribution in [1.82, 2.24) is 10.3 Å². The summed E-state index contributed by atoms with van der Waals surface area (Å²) in [5.41, 5.74) is 1.19. The molecule has 2 rings (SSSR count). The lowest BCUT2D eigenvalue weighted by atomic mass is 10.2. The number of aromatic nitrogens is 1. The Labute approximate surface area is 109 Å². The van der Waals surface area contributed by atoms with Crippen LogP contribution in [0.1, 0.15) is 21.6 Å². The highest BCUT2D eigenvalue weighted by atomic mass is 19.1. The van der Waals surface area contributed by atoms with E-state index in [9.17, 15) is 14.0 Å². The van der Waals surface area contributed by atoms with E-state index in [1.807, 2.05) is 0 Å². The van der Waals surface area contributed by atoms with Gasteiger partial charge in [0.15, 0.2) is 5.43 Å². The SMILES string of the molecule is Cc1cc(=O)c(C(=O)NCc2ccc(F)cc2)c[nH]1. The molecule has 0 saturated heterocycles. The molecule has 19 heavy (non-hydrogen) atoms. The van der Waals surface area contributed by atoms with E-state index in [-0.39, 0.29) is 23.4 Å². The number of halogens is 1. The van der Waals surface area contributed by atoms with Crippen LogP contribution in [0.5, 0.6) is 0 Å². The van der Waals surface area contributed by atoms with Gasteiger partial charge in [0, 0.05) is 24.5 Å². The van der Waals surface area contributed by atoms with E-state index >= 15 is 0 Å². The second-order valence-corrected chi connectivity index (χ2v) is 4.20. The highest BCUT2D eigenvalue weighted by Crippen LogP contribution is 2.02. The van der Waals surface area contributed by atoms with Crippen LogP contribution in [-0.4, -0.2) is 10.9 Å². The van der Waals surface area contributed by atoms with Crippen molar-refractivity contribution in [1.29, 1.82) is 0 Å². The van der Waals surface area contributed by atoms with Gasteiger partial charge in [0.2, 0.25) is 0 Å². The summed E-state index contributed by atoms with van der Waals surface area (Å²) in [5.74, 6) is -0.782. The maximum Gasteiger partial charge on any atom is 0.257 e. The predicted molar refractivity (Wildman–Crippen MR) is 69.4 cm³/mol. The lowest BCUT2D eigenvalue weighted by molar-refractivity contribution is 0.0949. The summed E-state index contributed by atoms with van der Waals surface area (Å²) in [4.78, 5) is 26.2. The second kappa shape index (κ2) is 5.48. The van der Waals surface area contributed by atoms with Crippen molar-refractivity contribution in [3.63, 3.8) is 0 Å². The fraction of sp³-hybridized carbons (Fsp3) is 0.143. The molecule has 2 aromatic rings. The van der Waals surface area contributed by atoms with Gasteiger partial charge in [0.1, 0.15) is 11.4 Å². The average molecular weight is 260 g/mol. The van der Waals surface area contributed by atoms with Crippen LogP contribution in [0.2, 0.25) is 0 Å². The predicted octanol–water partition coefficient (Wildman–Crippen LogP) is 1.75. The zero-order valence-corrected chi connectivity index (χ0v) is 10.4. The number of rotatable bonds is 3. The van der Waals surface area contributed by atoms with Gasteiger partial charge in [-0.25, -0.2) is 4.39 Å². The number of benzene rings is 1. The van der Waals surface area contributed by atoms with Gasteiger partial charge < -0.3 is 10.3 Å². The van der Waals surface area contributed by atoms with Crippen LogP contribution < -0.4 is 10.7 Å². The Kier molecular flexibility index (Phi) is 3.75. The van der Waals surface area contributed by atoms with Gasteiger partial charge in [0.05, 0.1) is 0 Å². The number of nitrogens with one attached hydrogen (secondary N) is 2. The Bertz CT molecular complexity index is 647. The average Bonchev–Trinajstić information content (AvgIpc) is 2.37. The Morgan fingerprint density at radius 3 is 2.63 bits per heavy atom. The summed E-state index contributed by atoms with van der Waals surface area (Å²) in [5, 5.41) is 2.61. The van der Waals surface area contributed by atoms with Crippen molar-refractivity contribution >= 4 is 5.91 Å². The van der Waals surface area contributed by atoms with Gasteiger partial charge >= 0.3 is 0 Å². The number of carbonyl (C=O) groups excluding carboxylic acids is 1. The molecule has 0 spiro atoms. The normalized spacial score (nSPS) is 10.2. The summed E-state index contributed by atoms with van der Waals surface area (Å²) < 4.78 is 12.7. The summed E-state index contributed by atoms with van der Waals surface area (Å²) in [6, 6.07) is 7.16. The summed E-state index contributed by atoms with van der Waals surface area (Å²) in [6.45, 7) is 1.98. The monoisotopic (exact) mass is 260 g/mol. The molecule has 0 bridgehead atoms. The molecule has 0 radical (unpaired) electrons. The van der Waals surface area contributed by atoms with E-state index in [4.69, 9.17) is 0 Å². The van der Waals surface area contributed by atoms with Gasteiger partial charge in [-0.15, -0.1) is 0 Å². The number of aryl methyl sites for hydroxylation is 1. The zero-order valence-electron chi connectivity index (χ0n) is 10.4. The first-order valence-corrected chi connectivity index (χ1v) is 5.78. The number of carbonyl (C=O) groups is 1. The quantitative estimate of drug-likeness (QED) is 0.883. The number of hydrogen-bond donors (Lipinski definition) is 2. The molecule has 0 unspecified atom stereocenters.